The fourth-order valence-electron chi connectivity index (χ4n) is 3.23. The van der Waals surface area contributed by atoms with E-state index < -0.39 is 0 Å². The number of aromatic nitrogens is 4. The number of aromatic amines is 1. The minimum atomic E-state index is 0.163. The molecule has 0 unspecified atom stereocenters. The highest BCUT2D eigenvalue weighted by molar-refractivity contribution is 5.76. The monoisotopic (exact) mass is 391 g/mol. The van der Waals surface area contributed by atoms with Gasteiger partial charge in [0.25, 0.3) is 0 Å². The van der Waals surface area contributed by atoms with Gasteiger partial charge in [-0.2, -0.15) is 10.4 Å². The van der Waals surface area contributed by atoms with Crippen molar-refractivity contribution in [3.63, 3.8) is 0 Å². The molecule has 3 N–H and O–H groups in total. The second kappa shape index (κ2) is 8.58. The van der Waals surface area contributed by atoms with Crippen LogP contribution < -0.4 is 20.1 Å². The molecule has 0 spiro atoms. The smallest absolute Gasteiger partial charge is 0.158 e. The molecule has 1 aromatic carbocycles. The molecule has 1 saturated heterocycles. The van der Waals surface area contributed by atoms with Crippen molar-refractivity contribution in [2.24, 2.45) is 0 Å². The maximum Gasteiger partial charge on any atom is 0.158 e. The quantitative estimate of drug-likeness (QED) is 0.586. The number of nitriles is 1. The Morgan fingerprint density at radius 3 is 2.69 bits per heavy atom. The molecule has 0 bridgehead atoms. The second-order valence-electron chi connectivity index (χ2n) is 6.59. The number of benzene rings is 1. The molecule has 1 aliphatic rings. The summed E-state index contributed by atoms with van der Waals surface area (Å²) in [7, 11) is 1.63. The Morgan fingerprint density at radius 2 is 1.97 bits per heavy atom. The molecule has 0 radical (unpaired) electrons. The van der Waals surface area contributed by atoms with Gasteiger partial charge in [-0.25, -0.2) is 9.97 Å². The lowest BCUT2D eigenvalue weighted by Crippen LogP contribution is -2.34. The summed E-state index contributed by atoms with van der Waals surface area (Å²) < 4.78 is 11.9. The van der Waals surface area contributed by atoms with Crippen molar-refractivity contribution >= 4 is 11.6 Å². The van der Waals surface area contributed by atoms with Crippen molar-refractivity contribution in [3.8, 4) is 28.8 Å². The van der Waals surface area contributed by atoms with Crippen molar-refractivity contribution in [3.05, 3.63) is 42.4 Å². The Hall–Kier alpha value is -3.64. The van der Waals surface area contributed by atoms with Gasteiger partial charge in [0.15, 0.2) is 11.5 Å². The molecule has 3 heterocycles. The zero-order chi connectivity index (χ0) is 20.1. The number of anilines is 2. The number of rotatable bonds is 6. The van der Waals surface area contributed by atoms with E-state index in [1.165, 1.54) is 12.4 Å². The van der Waals surface area contributed by atoms with Crippen LogP contribution in [-0.2, 0) is 0 Å². The van der Waals surface area contributed by atoms with Crippen LogP contribution in [0.3, 0.4) is 0 Å². The third-order valence-electron chi connectivity index (χ3n) is 4.66. The van der Waals surface area contributed by atoms with Crippen LogP contribution >= 0.6 is 0 Å². The number of ether oxygens (including phenoxy) is 2. The van der Waals surface area contributed by atoms with Crippen LogP contribution in [0.5, 0.6) is 11.5 Å². The van der Waals surface area contributed by atoms with E-state index in [0.717, 1.165) is 42.9 Å². The Kier molecular flexibility index (Phi) is 5.54. The Bertz CT molecular complexity index is 1000. The highest BCUT2D eigenvalue weighted by atomic mass is 16.5. The molecule has 3 aromatic rings. The van der Waals surface area contributed by atoms with Gasteiger partial charge in [0.05, 0.1) is 30.8 Å². The van der Waals surface area contributed by atoms with Gasteiger partial charge < -0.3 is 20.1 Å². The van der Waals surface area contributed by atoms with Crippen molar-refractivity contribution in [1.29, 1.82) is 5.26 Å². The summed E-state index contributed by atoms with van der Waals surface area (Å²) in [6.07, 6.45) is 4.98. The average Bonchev–Trinajstić information content (AvgIpc) is 3.22. The summed E-state index contributed by atoms with van der Waals surface area (Å²) in [5, 5.41) is 22.6. The van der Waals surface area contributed by atoms with E-state index in [1.807, 2.05) is 30.3 Å². The molecule has 9 heteroatoms. The van der Waals surface area contributed by atoms with E-state index in [4.69, 9.17) is 14.7 Å². The maximum atomic E-state index is 8.82. The second-order valence-corrected chi connectivity index (χ2v) is 6.59. The molecule has 0 amide bonds. The third kappa shape index (κ3) is 4.28. The first-order valence-corrected chi connectivity index (χ1v) is 9.36. The lowest BCUT2D eigenvalue weighted by Gasteiger charge is -2.25. The summed E-state index contributed by atoms with van der Waals surface area (Å²) in [5.74, 6) is 2.51. The van der Waals surface area contributed by atoms with Crippen LogP contribution in [0.25, 0.3) is 11.3 Å². The van der Waals surface area contributed by atoms with E-state index in [0.29, 0.717) is 17.4 Å². The summed E-state index contributed by atoms with van der Waals surface area (Å²) in [5.41, 5.74) is 1.84. The molecule has 0 atom stereocenters. The van der Waals surface area contributed by atoms with Gasteiger partial charge in [0.1, 0.15) is 29.5 Å². The van der Waals surface area contributed by atoms with Gasteiger partial charge >= 0.3 is 0 Å². The van der Waals surface area contributed by atoms with Crippen LogP contribution in [0.1, 0.15) is 18.5 Å². The highest BCUT2D eigenvalue weighted by Gasteiger charge is 2.20. The SMILES string of the molecule is COc1cccc(OC2CCNCC2)c1-c1cc(Nc2cnc(C#N)cn2)n[nH]1. The number of hydrogen-bond acceptors (Lipinski definition) is 8. The van der Waals surface area contributed by atoms with Crippen molar-refractivity contribution < 1.29 is 9.47 Å². The van der Waals surface area contributed by atoms with E-state index in [2.05, 4.69) is 30.8 Å². The molecular weight excluding hydrogens is 370 g/mol. The number of hydrogen-bond donors (Lipinski definition) is 3. The summed E-state index contributed by atoms with van der Waals surface area (Å²) in [6.45, 7) is 1.90. The fraction of sp³-hybridized carbons (Fsp3) is 0.300. The zero-order valence-corrected chi connectivity index (χ0v) is 16.0. The average molecular weight is 391 g/mol. The highest BCUT2D eigenvalue weighted by Crippen LogP contribution is 2.39. The molecule has 0 aliphatic carbocycles. The maximum absolute atomic E-state index is 8.82. The minimum Gasteiger partial charge on any atom is -0.496 e. The first-order chi connectivity index (χ1) is 14.3. The standard InChI is InChI=1S/C20H21N7O2/c1-28-16-3-2-4-17(29-14-5-7-22-8-6-14)20(16)15-9-18(27-26-15)25-19-12-23-13(10-21)11-24-19/h2-4,9,11-12,14,22H,5-8H2,1H3,(H2,24,25,26,27). The van der Waals surface area contributed by atoms with Gasteiger partial charge in [-0.3, -0.25) is 5.10 Å². The van der Waals surface area contributed by atoms with Crippen LogP contribution in [0.15, 0.2) is 36.7 Å². The first kappa shape index (κ1) is 18.7. The van der Waals surface area contributed by atoms with Crippen molar-refractivity contribution in [1.82, 2.24) is 25.5 Å². The molecule has 9 nitrogen and oxygen atoms in total. The molecule has 0 saturated carbocycles. The Morgan fingerprint density at radius 1 is 1.14 bits per heavy atom. The van der Waals surface area contributed by atoms with Gasteiger partial charge in [-0.1, -0.05) is 6.07 Å². The Labute approximate surface area is 168 Å². The van der Waals surface area contributed by atoms with Gasteiger partial charge in [0.2, 0.25) is 0 Å². The van der Waals surface area contributed by atoms with Crippen molar-refractivity contribution in [2.75, 3.05) is 25.5 Å². The Balaban J connectivity index is 1.59. The van der Waals surface area contributed by atoms with Gasteiger partial charge in [-0.05, 0) is 38.1 Å². The normalized spacial score (nSPS) is 14.2. The lowest BCUT2D eigenvalue weighted by molar-refractivity contribution is 0.163. The minimum absolute atomic E-state index is 0.163. The number of nitrogens with one attached hydrogen (secondary N) is 3. The molecular formula is C20H21N7O2. The van der Waals surface area contributed by atoms with Gasteiger partial charge in [-0.15, -0.1) is 0 Å². The molecule has 148 valence electrons. The predicted molar refractivity (Wildman–Crippen MR) is 107 cm³/mol. The van der Waals surface area contributed by atoms with E-state index >= 15 is 0 Å². The number of methoxy groups -OCH3 is 1. The fourth-order valence-corrected chi connectivity index (χ4v) is 3.23. The summed E-state index contributed by atoms with van der Waals surface area (Å²) in [6, 6.07) is 9.55. The van der Waals surface area contributed by atoms with Crippen LogP contribution in [-0.4, -0.2) is 46.5 Å². The lowest BCUT2D eigenvalue weighted by atomic mass is 10.1. The molecule has 4 rings (SSSR count). The van der Waals surface area contributed by atoms with E-state index in [9.17, 15) is 0 Å². The molecule has 1 aliphatic heterocycles. The van der Waals surface area contributed by atoms with E-state index in [-0.39, 0.29) is 11.8 Å². The number of H-pyrrole nitrogens is 1. The molecule has 29 heavy (non-hydrogen) atoms. The molecule has 1 fully saturated rings. The third-order valence-corrected chi connectivity index (χ3v) is 4.66. The first-order valence-electron chi connectivity index (χ1n) is 9.36. The zero-order valence-electron chi connectivity index (χ0n) is 16.0. The predicted octanol–water partition coefficient (Wildman–Crippen LogP) is 2.62. The van der Waals surface area contributed by atoms with E-state index in [1.54, 1.807) is 7.11 Å². The topological polar surface area (TPSA) is 121 Å². The summed E-state index contributed by atoms with van der Waals surface area (Å²) >= 11 is 0. The largest absolute Gasteiger partial charge is 0.496 e. The summed E-state index contributed by atoms with van der Waals surface area (Å²) in [4.78, 5) is 8.15. The van der Waals surface area contributed by atoms with Crippen molar-refractivity contribution in [2.45, 2.75) is 18.9 Å². The molecule has 2 aromatic heterocycles. The van der Waals surface area contributed by atoms with Gasteiger partial charge in [0, 0.05) is 6.07 Å². The van der Waals surface area contributed by atoms with Crippen LogP contribution in [0.4, 0.5) is 11.6 Å². The number of piperidine rings is 1. The van der Waals surface area contributed by atoms with Crippen LogP contribution in [0.2, 0.25) is 0 Å². The van der Waals surface area contributed by atoms with Crippen LogP contribution in [0, 0.1) is 11.3 Å². The number of nitrogens with zero attached hydrogens (tertiary/aromatic N) is 4.